The average molecular weight is 602 g/mol. The largest absolute Gasteiger partial charge is 0.496 e. The summed E-state index contributed by atoms with van der Waals surface area (Å²) in [5, 5.41) is 44.8. The van der Waals surface area contributed by atoms with Crippen molar-refractivity contribution in [3.8, 4) is 0 Å². The molecule has 6 N–H and O–H groups in total. The Labute approximate surface area is 248 Å². The van der Waals surface area contributed by atoms with Crippen molar-refractivity contribution in [2.45, 2.75) is 121 Å². The van der Waals surface area contributed by atoms with Gasteiger partial charge in [0.2, 0.25) is 17.7 Å². The van der Waals surface area contributed by atoms with E-state index in [0.717, 1.165) is 19.3 Å². The van der Waals surface area contributed by atoms with Gasteiger partial charge in [-0.25, -0.2) is 0 Å². The first-order valence-corrected chi connectivity index (χ1v) is 15.2. The maximum Gasteiger partial charge on any atom is 0.223 e. The van der Waals surface area contributed by atoms with Gasteiger partial charge in [-0.1, -0.05) is 25.8 Å². The number of aliphatic hydroxyl groups excluding tert-OH is 4. The van der Waals surface area contributed by atoms with Crippen LogP contribution in [0.4, 0.5) is 0 Å². The number of rotatable bonds is 19. The first kappa shape index (κ1) is 35.9. The molecule has 0 aromatic heterocycles. The van der Waals surface area contributed by atoms with Gasteiger partial charge in [-0.3, -0.25) is 14.4 Å². The third kappa shape index (κ3) is 12.1. The molecule has 2 heterocycles. The lowest BCUT2D eigenvalue weighted by Gasteiger charge is -2.42. The number of aliphatic hydroxyl groups is 4. The highest BCUT2D eigenvalue weighted by Crippen LogP contribution is 2.23. The molecule has 5 unspecified atom stereocenters. The highest BCUT2D eigenvalue weighted by atomic mass is 16.7. The van der Waals surface area contributed by atoms with E-state index < -0.39 is 43.2 Å². The number of nitrogens with one attached hydrogen (secondary N) is 2. The van der Waals surface area contributed by atoms with Crippen LogP contribution >= 0.6 is 0 Å². The Bertz CT molecular complexity index is 844. The van der Waals surface area contributed by atoms with Crippen LogP contribution in [0, 0.1) is 0 Å². The van der Waals surface area contributed by atoms with Crippen LogP contribution in [-0.4, -0.2) is 119 Å². The minimum atomic E-state index is -1.36. The van der Waals surface area contributed by atoms with Crippen molar-refractivity contribution < 1.29 is 49.0 Å². The Hall–Kier alpha value is -2.29. The van der Waals surface area contributed by atoms with Gasteiger partial charge in [-0.15, -0.1) is 0 Å². The van der Waals surface area contributed by atoms with Crippen LogP contribution in [0.5, 0.6) is 0 Å². The van der Waals surface area contributed by atoms with E-state index in [1.165, 1.54) is 6.92 Å². The van der Waals surface area contributed by atoms with Crippen LogP contribution in [0.15, 0.2) is 12.3 Å². The second-order valence-corrected chi connectivity index (χ2v) is 10.9. The topological polar surface area (TPSA) is 187 Å². The third-order valence-corrected chi connectivity index (χ3v) is 7.48. The molecule has 2 fully saturated rings. The standard InChI is InChI=1S/C29H51N3O10/c1-3-4-14-40-22-16-21(18-33)32(17-22)25(37)12-8-5-9-13-30-24(36)11-7-6-10-15-41-29-26(31-20(2)35)28(39)27(38)23(19-34)42-29/h4,14,21-23,26-29,33-34,38-39H,3,5-13,15-19H2,1-2H3,(H,30,36)(H,31,35)/b14-4+/t21-,22+,23?,26?,27?,28?,29?/m0/s1. The predicted molar refractivity (Wildman–Crippen MR) is 153 cm³/mol. The summed E-state index contributed by atoms with van der Waals surface area (Å²) >= 11 is 0. The van der Waals surface area contributed by atoms with Crippen LogP contribution in [0.3, 0.4) is 0 Å². The summed E-state index contributed by atoms with van der Waals surface area (Å²) in [6.07, 6.45) is 5.33. The van der Waals surface area contributed by atoms with Crippen molar-refractivity contribution in [1.82, 2.24) is 15.5 Å². The molecule has 2 rings (SSSR count). The second kappa shape index (κ2) is 19.8. The third-order valence-electron chi connectivity index (χ3n) is 7.48. The van der Waals surface area contributed by atoms with Gasteiger partial charge in [0.25, 0.3) is 0 Å². The number of nitrogens with zero attached hydrogens (tertiary/aromatic N) is 1. The molecule has 0 spiro atoms. The van der Waals surface area contributed by atoms with Crippen molar-refractivity contribution in [2.75, 3.05) is 32.9 Å². The summed E-state index contributed by atoms with van der Waals surface area (Å²) in [5.41, 5.74) is 0. The van der Waals surface area contributed by atoms with E-state index in [2.05, 4.69) is 10.6 Å². The van der Waals surface area contributed by atoms with Crippen LogP contribution in [-0.2, 0) is 28.6 Å². The fourth-order valence-corrected chi connectivity index (χ4v) is 5.13. The van der Waals surface area contributed by atoms with Crippen LogP contribution in [0.25, 0.3) is 0 Å². The summed E-state index contributed by atoms with van der Waals surface area (Å²) in [6.45, 7) is 4.01. The molecule has 13 heteroatoms. The number of hydrogen-bond donors (Lipinski definition) is 6. The monoisotopic (exact) mass is 601 g/mol. The molecule has 42 heavy (non-hydrogen) atoms. The van der Waals surface area contributed by atoms with E-state index >= 15 is 0 Å². The van der Waals surface area contributed by atoms with E-state index in [1.807, 2.05) is 13.0 Å². The molecule has 0 aliphatic carbocycles. The Morgan fingerprint density at radius 2 is 1.74 bits per heavy atom. The lowest BCUT2D eigenvalue weighted by atomic mass is 9.97. The van der Waals surface area contributed by atoms with Gasteiger partial charge in [0.15, 0.2) is 6.29 Å². The van der Waals surface area contributed by atoms with Gasteiger partial charge in [-0.2, -0.15) is 0 Å². The quantitative estimate of drug-likeness (QED) is 0.0875. The number of carbonyl (C=O) groups is 3. The fraction of sp³-hybridized carbons (Fsp3) is 0.828. The molecule has 3 amide bonds. The van der Waals surface area contributed by atoms with Crippen LogP contribution in [0.2, 0.25) is 0 Å². The van der Waals surface area contributed by atoms with E-state index in [-0.39, 0.29) is 37.2 Å². The summed E-state index contributed by atoms with van der Waals surface area (Å²) in [5.74, 6) is -0.430. The molecule has 2 aliphatic rings. The molecule has 7 atom stereocenters. The first-order chi connectivity index (χ1) is 20.2. The van der Waals surface area contributed by atoms with Gasteiger partial charge in [0.1, 0.15) is 30.5 Å². The smallest absolute Gasteiger partial charge is 0.223 e. The summed E-state index contributed by atoms with van der Waals surface area (Å²) < 4.78 is 16.9. The number of likely N-dealkylation sites (tertiary alicyclic amines) is 1. The molecule has 0 bridgehead atoms. The minimum absolute atomic E-state index is 0.0234. The van der Waals surface area contributed by atoms with Gasteiger partial charge >= 0.3 is 0 Å². The van der Waals surface area contributed by atoms with Gasteiger partial charge in [0.05, 0.1) is 32.1 Å². The molecule has 0 saturated carbocycles. The number of allylic oxidation sites excluding steroid dienone is 1. The Kier molecular flexibility index (Phi) is 16.9. The fourth-order valence-electron chi connectivity index (χ4n) is 5.13. The van der Waals surface area contributed by atoms with Gasteiger partial charge in [-0.05, 0) is 32.1 Å². The molecule has 0 aromatic carbocycles. The lowest BCUT2D eigenvalue weighted by Crippen LogP contribution is -2.64. The molecular weight excluding hydrogens is 550 g/mol. The molecule has 0 radical (unpaired) electrons. The Morgan fingerprint density at radius 3 is 2.43 bits per heavy atom. The van der Waals surface area contributed by atoms with E-state index in [1.54, 1.807) is 11.2 Å². The second-order valence-electron chi connectivity index (χ2n) is 10.9. The van der Waals surface area contributed by atoms with E-state index in [9.17, 15) is 34.8 Å². The Morgan fingerprint density at radius 1 is 1.00 bits per heavy atom. The number of amides is 3. The maximum absolute atomic E-state index is 12.6. The summed E-state index contributed by atoms with van der Waals surface area (Å²) in [7, 11) is 0. The van der Waals surface area contributed by atoms with Crippen molar-refractivity contribution in [3.05, 3.63) is 12.3 Å². The van der Waals surface area contributed by atoms with Crippen molar-refractivity contribution in [1.29, 1.82) is 0 Å². The molecule has 2 aliphatic heterocycles. The Balaban J connectivity index is 1.53. The summed E-state index contributed by atoms with van der Waals surface area (Å²) in [6, 6.07) is -1.17. The highest BCUT2D eigenvalue weighted by Gasteiger charge is 2.45. The van der Waals surface area contributed by atoms with Gasteiger partial charge < -0.3 is 50.2 Å². The SMILES string of the molecule is CC/C=C/O[C@@H]1C[C@@H](CO)N(C(=O)CCCCCNC(=O)CCCCCOC2OC(CO)C(O)C(O)C2NC(C)=O)C1. The number of ether oxygens (including phenoxy) is 3. The maximum atomic E-state index is 12.6. The van der Waals surface area contributed by atoms with Crippen LogP contribution in [0.1, 0.15) is 78.1 Å². The van der Waals surface area contributed by atoms with E-state index in [0.29, 0.717) is 58.0 Å². The molecule has 2 saturated heterocycles. The highest BCUT2D eigenvalue weighted by molar-refractivity contribution is 5.77. The van der Waals surface area contributed by atoms with Gasteiger partial charge in [0, 0.05) is 39.3 Å². The zero-order valence-electron chi connectivity index (χ0n) is 25.0. The van der Waals surface area contributed by atoms with Crippen molar-refractivity contribution >= 4 is 17.7 Å². The van der Waals surface area contributed by atoms with E-state index in [4.69, 9.17) is 14.2 Å². The van der Waals surface area contributed by atoms with Crippen LogP contribution < -0.4 is 10.6 Å². The molecular formula is C29H51N3O10. The normalized spacial score (nSPS) is 27.8. The first-order valence-electron chi connectivity index (χ1n) is 15.2. The minimum Gasteiger partial charge on any atom is -0.496 e. The average Bonchev–Trinajstić information content (AvgIpc) is 3.39. The number of hydrogen-bond acceptors (Lipinski definition) is 10. The molecule has 242 valence electrons. The number of carbonyl (C=O) groups excluding carboxylic acids is 3. The van der Waals surface area contributed by atoms with Crippen molar-refractivity contribution in [3.63, 3.8) is 0 Å². The zero-order chi connectivity index (χ0) is 30.9. The number of unbranched alkanes of at least 4 members (excludes halogenated alkanes) is 4. The lowest BCUT2D eigenvalue weighted by molar-refractivity contribution is -0.270. The predicted octanol–water partition coefficient (Wildman–Crippen LogP) is 0.0858. The van der Waals surface area contributed by atoms with Crippen molar-refractivity contribution in [2.24, 2.45) is 0 Å². The summed E-state index contributed by atoms with van der Waals surface area (Å²) in [4.78, 5) is 38.0. The molecule has 0 aromatic rings. The zero-order valence-corrected chi connectivity index (χ0v) is 25.0. The molecule has 13 nitrogen and oxygen atoms in total.